The normalized spacial score (nSPS) is 19.4. The van der Waals surface area contributed by atoms with Gasteiger partial charge in [-0.3, -0.25) is 0 Å². The number of rotatable bonds is 3. The van der Waals surface area contributed by atoms with Gasteiger partial charge in [0.05, 0.1) is 11.2 Å². The molecule has 0 aromatic heterocycles. The Labute approximate surface area is 153 Å². The van der Waals surface area contributed by atoms with Crippen LogP contribution in [0.3, 0.4) is 0 Å². The van der Waals surface area contributed by atoms with Gasteiger partial charge < -0.3 is 9.31 Å². The van der Waals surface area contributed by atoms with Crippen molar-refractivity contribution >= 4 is 23.4 Å². The van der Waals surface area contributed by atoms with Crippen LogP contribution in [0.1, 0.15) is 78.4 Å². The number of hydrogen-bond donors (Lipinski definition) is 0. The Morgan fingerprint density at radius 2 is 1.40 bits per heavy atom. The summed E-state index contributed by atoms with van der Waals surface area (Å²) in [5, 5.41) is 2.51. The zero-order valence-corrected chi connectivity index (χ0v) is 16.9. The van der Waals surface area contributed by atoms with Gasteiger partial charge in [0, 0.05) is 0 Å². The van der Waals surface area contributed by atoms with E-state index in [2.05, 4.69) is 85.7 Å². The van der Waals surface area contributed by atoms with Crippen molar-refractivity contribution in [2.75, 3.05) is 0 Å². The van der Waals surface area contributed by atoms with Gasteiger partial charge in [-0.1, -0.05) is 58.0 Å². The maximum absolute atomic E-state index is 6.40. The van der Waals surface area contributed by atoms with Crippen LogP contribution in [-0.4, -0.2) is 18.3 Å². The van der Waals surface area contributed by atoms with Gasteiger partial charge in [-0.25, -0.2) is 0 Å². The predicted molar refractivity (Wildman–Crippen MR) is 108 cm³/mol. The van der Waals surface area contributed by atoms with Gasteiger partial charge in [0.1, 0.15) is 0 Å². The minimum atomic E-state index is -0.327. The first-order valence-corrected chi connectivity index (χ1v) is 9.45. The second-order valence-corrected chi connectivity index (χ2v) is 8.95. The fourth-order valence-corrected chi connectivity index (χ4v) is 3.48. The third-order valence-corrected chi connectivity index (χ3v) is 5.90. The molecule has 2 aromatic carbocycles. The number of benzene rings is 2. The molecule has 1 aliphatic heterocycles. The van der Waals surface area contributed by atoms with Crippen molar-refractivity contribution in [1.29, 1.82) is 0 Å². The SMILES string of the molecule is CC(C)c1ccc2c(B3OC(C)(C)C(C)(C)O3)c(C(C)C)ccc2c1. The summed E-state index contributed by atoms with van der Waals surface area (Å²) in [5.74, 6) is 0.942. The van der Waals surface area contributed by atoms with Gasteiger partial charge in [-0.15, -0.1) is 0 Å². The number of hydrogen-bond acceptors (Lipinski definition) is 2. The molecule has 1 aliphatic rings. The highest BCUT2D eigenvalue weighted by Gasteiger charge is 2.52. The first-order valence-electron chi connectivity index (χ1n) is 9.45. The summed E-state index contributed by atoms with van der Waals surface area (Å²) in [6.45, 7) is 17.4. The molecule has 0 aliphatic carbocycles. The Kier molecular flexibility index (Phi) is 4.54. The molecule has 3 rings (SSSR count). The highest BCUT2D eigenvalue weighted by molar-refractivity contribution is 6.65. The molecule has 1 fully saturated rings. The third-order valence-electron chi connectivity index (χ3n) is 5.90. The lowest BCUT2D eigenvalue weighted by atomic mass is 9.70. The Hall–Kier alpha value is -1.32. The van der Waals surface area contributed by atoms with Crippen LogP contribution in [0.25, 0.3) is 10.8 Å². The summed E-state index contributed by atoms with van der Waals surface area (Å²) < 4.78 is 12.8. The van der Waals surface area contributed by atoms with E-state index in [0.29, 0.717) is 11.8 Å². The maximum atomic E-state index is 6.40. The monoisotopic (exact) mass is 338 g/mol. The van der Waals surface area contributed by atoms with Crippen LogP contribution < -0.4 is 5.46 Å². The van der Waals surface area contributed by atoms with E-state index in [9.17, 15) is 0 Å². The quantitative estimate of drug-likeness (QED) is 0.699. The summed E-state index contributed by atoms with van der Waals surface area (Å²) in [4.78, 5) is 0. The molecule has 0 amide bonds. The molecular weight excluding hydrogens is 307 g/mol. The molecule has 1 saturated heterocycles. The molecule has 0 saturated carbocycles. The van der Waals surface area contributed by atoms with Crippen LogP contribution in [0, 0.1) is 0 Å². The van der Waals surface area contributed by atoms with Crippen molar-refractivity contribution in [2.24, 2.45) is 0 Å². The zero-order valence-electron chi connectivity index (χ0n) is 16.9. The molecule has 134 valence electrons. The highest BCUT2D eigenvalue weighted by atomic mass is 16.7. The Morgan fingerprint density at radius 1 is 0.800 bits per heavy atom. The van der Waals surface area contributed by atoms with E-state index in [1.54, 1.807) is 0 Å². The van der Waals surface area contributed by atoms with E-state index in [4.69, 9.17) is 9.31 Å². The summed E-state index contributed by atoms with van der Waals surface area (Å²) in [5.41, 5.74) is 3.21. The molecule has 0 spiro atoms. The second-order valence-electron chi connectivity index (χ2n) is 8.95. The standard InChI is InChI=1S/C22H31BO2/c1-14(2)16-9-12-19-17(13-16)10-11-18(15(3)4)20(19)23-24-21(5,6)22(7,8)25-23/h9-15H,1-8H3. The minimum absolute atomic E-state index is 0.323. The van der Waals surface area contributed by atoms with Crippen LogP contribution in [0.15, 0.2) is 30.3 Å². The fourth-order valence-electron chi connectivity index (χ4n) is 3.48. The van der Waals surface area contributed by atoms with Crippen LogP contribution in [0.4, 0.5) is 0 Å². The summed E-state index contributed by atoms with van der Waals surface area (Å²) >= 11 is 0. The van der Waals surface area contributed by atoms with Crippen LogP contribution in [0.5, 0.6) is 0 Å². The average molecular weight is 338 g/mol. The van der Waals surface area contributed by atoms with Gasteiger partial charge >= 0.3 is 7.12 Å². The van der Waals surface area contributed by atoms with Crippen LogP contribution >= 0.6 is 0 Å². The van der Waals surface area contributed by atoms with Gasteiger partial charge in [-0.2, -0.15) is 0 Å². The van der Waals surface area contributed by atoms with Crippen molar-refractivity contribution in [3.8, 4) is 0 Å². The van der Waals surface area contributed by atoms with Crippen molar-refractivity contribution in [3.05, 3.63) is 41.5 Å². The Balaban J connectivity index is 2.19. The predicted octanol–water partition coefficient (Wildman–Crippen LogP) is 5.39. The largest absolute Gasteiger partial charge is 0.495 e. The van der Waals surface area contributed by atoms with E-state index in [0.717, 1.165) is 0 Å². The van der Waals surface area contributed by atoms with Crippen LogP contribution in [0.2, 0.25) is 0 Å². The van der Waals surface area contributed by atoms with Gasteiger partial charge in [0.25, 0.3) is 0 Å². The molecule has 0 unspecified atom stereocenters. The topological polar surface area (TPSA) is 18.5 Å². The molecular formula is C22H31BO2. The van der Waals surface area contributed by atoms with Crippen molar-refractivity contribution in [2.45, 2.75) is 78.4 Å². The molecule has 0 N–H and O–H groups in total. The van der Waals surface area contributed by atoms with E-state index in [-0.39, 0.29) is 18.3 Å². The summed E-state index contributed by atoms with van der Waals surface area (Å²) in [7, 11) is -0.323. The number of fused-ring (bicyclic) bond motifs is 1. The minimum Gasteiger partial charge on any atom is -0.399 e. The van der Waals surface area contributed by atoms with Crippen molar-refractivity contribution in [1.82, 2.24) is 0 Å². The lowest BCUT2D eigenvalue weighted by Gasteiger charge is -2.32. The first-order chi connectivity index (χ1) is 11.5. The van der Waals surface area contributed by atoms with Gasteiger partial charge in [0.2, 0.25) is 0 Å². The fraction of sp³-hybridized carbons (Fsp3) is 0.545. The summed E-state index contributed by atoms with van der Waals surface area (Å²) in [6.07, 6.45) is 0. The molecule has 3 heteroatoms. The van der Waals surface area contributed by atoms with E-state index in [1.165, 1.54) is 27.4 Å². The molecule has 0 radical (unpaired) electrons. The first kappa shape index (κ1) is 18.5. The Morgan fingerprint density at radius 3 is 1.92 bits per heavy atom. The van der Waals surface area contributed by atoms with Gasteiger partial charge in [-0.05, 0) is 66.9 Å². The van der Waals surface area contributed by atoms with Crippen molar-refractivity contribution < 1.29 is 9.31 Å². The molecule has 0 atom stereocenters. The average Bonchev–Trinajstić information content (AvgIpc) is 2.73. The lowest BCUT2D eigenvalue weighted by Crippen LogP contribution is -2.41. The maximum Gasteiger partial charge on any atom is 0.495 e. The van der Waals surface area contributed by atoms with E-state index in [1.807, 2.05) is 0 Å². The Bertz CT molecular complexity index is 774. The van der Waals surface area contributed by atoms with Crippen molar-refractivity contribution in [3.63, 3.8) is 0 Å². The van der Waals surface area contributed by atoms with E-state index < -0.39 is 0 Å². The lowest BCUT2D eigenvalue weighted by molar-refractivity contribution is 0.00578. The molecule has 2 nitrogen and oxygen atoms in total. The highest BCUT2D eigenvalue weighted by Crippen LogP contribution is 2.38. The molecule has 1 heterocycles. The second kappa shape index (κ2) is 6.14. The van der Waals surface area contributed by atoms with E-state index >= 15 is 0 Å². The molecule has 25 heavy (non-hydrogen) atoms. The zero-order chi connectivity index (χ0) is 18.6. The molecule has 2 aromatic rings. The third kappa shape index (κ3) is 3.13. The van der Waals surface area contributed by atoms with Crippen LogP contribution in [-0.2, 0) is 9.31 Å². The smallest absolute Gasteiger partial charge is 0.399 e. The summed E-state index contributed by atoms with van der Waals surface area (Å²) in [6, 6.07) is 11.3. The molecule has 0 bridgehead atoms. The van der Waals surface area contributed by atoms with Gasteiger partial charge in [0.15, 0.2) is 0 Å².